The van der Waals surface area contributed by atoms with Gasteiger partial charge in [-0.3, -0.25) is 9.48 Å². The highest BCUT2D eigenvalue weighted by Crippen LogP contribution is 2.24. The largest absolute Gasteiger partial charge is 0.324 e. The predicted octanol–water partition coefficient (Wildman–Crippen LogP) is 3.57. The molecule has 23 heavy (non-hydrogen) atoms. The second kappa shape index (κ2) is 6.19. The molecule has 1 atom stereocenters. The van der Waals surface area contributed by atoms with Crippen molar-refractivity contribution in [1.82, 2.24) is 9.78 Å². The molecule has 1 aromatic carbocycles. The molecule has 0 aliphatic heterocycles. The fourth-order valence-corrected chi connectivity index (χ4v) is 3.53. The van der Waals surface area contributed by atoms with Crippen LogP contribution in [0.3, 0.4) is 0 Å². The van der Waals surface area contributed by atoms with Crippen molar-refractivity contribution >= 4 is 11.6 Å². The second-order valence-electron chi connectivity index (χ2n) is 6.97. The summed E-state index contributed by atoms with van der Waals surface area (Å²) < 4.78 is 1.79. The van der Waals surface area contributed by atoms with Crippen LogP contribution in [0.1, 0.15) is 41.3 Å². The first-order valence-electron chi connectivity index (χ1n) is 8.35. The lowest BCUT2D eigenvalue weighted by molar-refractivity contribution is -0.116. The van der Waals surface area contributed by atoms with Crippen LogP contribution in [0.2, 0.25) is 0 Å². The molecule has 0 spiro atoms. The molecule has 1 amide bonds. The standard InChI is InChI=1S/C19H25N3O/c1-12-5-6-17-16(9-12)10-22(21-17)11-18(23)20-19-14(3)7-13(2)8-15(19)4/h7-8,10,12H,5-6,9,11H2,1-4H3,(H,20,23). The molecule has 0 fully saturated rings. The number of anilines is 1. The Kier molecular flexibility index (Phi) is 4.24. The van der Waals surface area contributed by atoms with Gasteiger partial charge in [0.25, 0.3) is 0 Å². The number of aryl methyl sites for hydroxylation is 4. The summed E-state index contributed by atoms with van der Waals surface area (Å²) in [6, 6.07) is 4.19. The number of rotatable bonds is 3. The van der Waals surface area contributed by atoms with E-state index in [1.54, 1.807) is 4.68 Å². The van der Waals surface area contributed by atoms with Crippen molar-refractivity contribution in [1.29, 1.82) is 0 Å². The maximum absolute atomic E-state index is 12.4. The highest BCUT2D eigenvalue weighted by atomic mass is 16.2. The number of carbonyl (C=O) groups is 1. The van der Waals surface area contributed by atoms with E-state index in [0.29, 0.717) is 5.92 Å². The molecule has 3 rings (SSSR count). The Morgan fingerprint density at radius 3 is 2.70 bits per heavy atom. The summed E-state index contributed by atoms with van der Waals surface area (Å²) >= 11 is 0. The van der Waals surface area contributed by atoms with E-state index in [0.717, 1.165) is 29.7 Å². The maximum atomic E-state index is 12.4. The van der Waals surface area contributed by atoms with Crippen molar-refractivity contribution in [2.45, 2.75) is 53.5 Å². The third-order valence-corrected chi connectivity index (χ3v) is 4.61. The Labute approximate surface area is 137 Å². The highest BCUT2D eigenvalue weighted by Gasteiger charge is 2.19. The van der Waals surface area contributed by atoms with Crippen molar-refractivity contribution in [2.75, 3.05) is 5.32 Å². The zero-order chi connectivity index (χ0) is 16.6. The van der Waals surface area contributed by atoms with Gasteiger partial charge in [-0.25, -0.2) is 0 Å². The quantitative estimate of drug-likeness (QED) is 0.942. The first-order valence-corrected chi connectivity index (χ1v) is 8.35. The molecule has 122 valence electrons. The molecule has 0 saturated carbocycles. The van der Waals surface area contributed by atoms with Crippen LogP contribution >= 0.6 is 0 Å². The molecule has 4 nitrogen and oxygen atoms in total. The number of hydrogen-bond acceptors (Lipinski definition) is 2. The van der Waals surface area contributed by atoms with Gasteiger partial charge in [-0.2, -0.15) is 5.10 Å². The molecular weight excluding hydrogens is 286 g/mol. The van der Waals surface area contributed by atoms with Gasteiger partial charge in [-0.1, -0.05) is 24.6 Å². The summed E-state index contributed by atoms with van der Waals surface area (Å²) in [6.07, 6.45) is 5.34. The molecule has 0 bridgehead atoms. The van der Waals surface area contributed by atoms with Gasteiger partial charge < -0.3 is 5.32 Å². The normalized spacial score (nSPS) is 17.0. The third-order valence-electron chi connectivity index (χ3n) is 4.61. The van der Waals surface area contributed by atoms with Gasteiger partial charge in [-0.05, 0) is 62.6 Å². The Bertz CT molecular complexity index is 722. The Morgan fingerprint density at radius 1 is 1.30 bits per heavy atom. The second-order valence-corrected chi connectivity index (χ2v) is 6.97. The van der Waals surface area contributed by atoms with Crippen LogP contribution in [0, 0.1) is 26.7 Å². The van der Waals surface area contributed by atoms with E-state index in [-0.39, 0.29) is 12.5 Å². The van der Waals surface area contributed by atoms with Gasteiger partial charge in [0.1, 0.15) is 6.54 Å². The zero-order valence-corrected chi connectivity index (χ0v) is 14.4. The Balaban J connectivity index is 1.71. The van der Waals surface area contributed by atoms with E-state index < -0.39 is 0 Å². The third kappa shape index (κ3) is 3.46. The summed E-state index contributed by atoms with van der Waals surface area (Å²) in [7, 11) is 0. The van der Waals surface area contributed by atoms with Crippen LogP contribution < -0.4 is 5.32 Å². The molecule has 1 heterocycles. The number of fused-ring (bicyclic) bond motifs is 1. The lowest BCUT2D eigenvalue weighted by Crippen LogP contribution is -2.20. The van der Waals surface area contributed by atoms with Crippen molar-refractivity contribution in [3.8, 4) is 0 Å². The van der Waals surface area contributed by atoms with E-state index in [9.17, 15) is 4.79 Å². The van der Waals surface area contributed by atoms with Crippen LogP contribution in [-0.2, 0) is 24.2 Å². The zero-order valence-electron chi connectivity index (χ0n) is 14.4. The molecule has 1 unspecified atom stereocenters. The van der Waals surface area contributed by atoms with Crippen LogP contribution in [0.5, 0.6) is 0 Å². The SMILES string of the molecule is Cc1cc(C)c(NC(=O)Cn2cc3c(n2)CCC(C)C3)c(C)c1. The molecule has 1 N–H and O–H groups in total. The molecule has 2 aromatic rings. The van der Waals surface area contributed by atoms with E-state index in [4.69, 9.17) is 0 Å². The topological polar surface area (TPSA) is 46.9 Å². The van der Waals surface area contributed by atoms with Gasteiger partial charge >= 0.3 is 0 Å². The van der Waals surface area contributed by atoms with Crippen molar-refractivity contribution in [3.05, 3.63) is 46.3 Å². The fraction of sp³-hybridized carbons (Fsp3) is 0.474. The molecule has 1 aliphatic rings. The van der Waals surface area contributed by atoms with Crippen molar-refractivity contribution in [2.24, 2.45) is 5.92 Å². The smallest absolute Gasteiger partial charge is 0.246 e. The molecule has 1 aliphatic carbocycles. The average molecular weight is 311 g/mol. The number of amides is 1. The Hall–Kier alpha value is -2.10. The van der Waals surface area contributed by atoms with E-state index in [2.05, 4.69) is 36.4 Å². The number of aromatic nitrogens is 2. The van der Waals surface area contributed by atoms with E-state index in [1.807, 2.05) is 20.0 Å². The summed E-state index contributed by atoms with van der Waals surface area (Å²) in [6.45, 7) is 8.68. The maximum Gasteiger partial charge on any atom is 0.246 e. The molecule has 0 saturated heterocycles. The molecular formula is C19H25N3O. The van der Waals surface area contributed by atoms with Crippen molar-refractivity contribution < 1.29 is 4.79 Å². The van der Waals surface area contributed by atoms with Crippen LogP contribution in [0.4, 0.5) is 5.69 Å². The number of nitrogens with zero attached hydrogens (tertiary/aromatic N) is 2. The van der Waals surface area contributed by atoms with E-state index >= 15 is 0 Å². The highest BCUT2D eigenvalue weighted by molar-refractivity contribution is 5.92. The summed E-state index contributed by atoms with van der Waals surface area (Å²) in [5, 5.41) is 7.63. The summed E-state index contributed by atoms with van der Waals surface area (Å²) in [4.78, 5) is 12.4. The van der Waals surface area contributed by atoms with Gasteiger partial charge in [0.2, 0.25) is 5.91 Å². The predicted molar refractivity (Wildman–Crippen MR) is 92.7 cm³/mol. The number of hydrogen-bond donors (Lipinski definition) is 1. The minimum Gasteiger partial charge on any atom is -0.324 e. The molecule has 1 aromatic heterocycles. The van der Waals surface area contributed by atoms with Gasteiger partial charge in [-0.15, -0.1) is 0 Å². The lowest BCUT2D eigenvalue weighted by Gasteiger charge is -2.15. The lowest BCUT2D eigenvalue weighted by atomic mass is 9.89. The summed E-state index contributed by atoms with van der Waals surface area (Å²) in [5.41, 5.74) is 6.81. The number of carbonyl (C=O) groups excluding carboxylic acids is 1. The average Bonchev–Trinajstić information content (AvgIpc) is 2.84. The minimum atomic E-state index is -0.0204. The molecule has 0 radical (unpaired) electrons. The van der Waals surface area contributed by atoms with Gasteiger partial charge in [0.15, 0.2) is 0 Å². The first kappa shape index (κ1) is 15.8. The fourth-order valence-electron chi connectivity index (χ4n) is 3.53. The van der Waals surface area contributed by atoms with E-state index in [1.165, 1.54) is 23.2 Å². The van der Waals surface area contributed by atoms with Crippen LogP contribution in [0.15, 0.2) is 18.3 Å². The summed E-state index contributed by atoms with van der Waals surface area (Å²) in [5.74, 6) is 0.694. The monoisotopic (exact) mass is 311 g/mol. The number of benzene rings is 1. The minimum absolute atomic E-state index is 0.0204. The van der Waals surface area contributed by atoms with Crippen molar-refractivity contribution in [3.63, 3.8) is 0 Å². The first-order chi connectivity index (χ1) is 10.9. The molecule has 4 heteroatoms. The number of nitrogens with one attached hydrogen (secondary N) is 1. The van der Waals surface area contributed by atoms with Gasteiger partial charge in [0.05, 0.1) is 5.69 Å². The van der Waals surface area contributed by atoms with Crippen LogP contribution in [-0.4, -0.2) is 15.7 Å². The Morgan fingerprint density at radius 2 is 2.00 bits per heavy atom. The van der Waals surface area contributed by atoms with Crippen LogP contribution in [0.25, 0.3) is 0 Å². The van der Waals surface area contributed by atoms with Gasteiger partial charge in [0, 0.05) is 11.9 Å².